The summed E-state index contributed by atoms with van der Waals surface area (Å²) in [5.74, 6) is -0.428. The molecule has 1 aromatic rings. The number of carbonyl (C=O) groups is 1. The molecule has 100 valence electrons. The third kappa shape index (κ3) is 5.15. The highest BCUT2D eigenvalue weighted by atomic mass is 32.2. The van der Waals surface area contributed by atoms with E-state index in [1.165, 1.54) is 0 Å². The van der Waals surface area contributed by atoms with Crippen LogP contribution in [0.2, 0.25) is 0 Å². The van der Waals surface area contributed by atoms with E-state index in [-0.39, 0.29) is 24.6 Å². The number of amides is 1. The Morgan fingerprint density at radius 3 is 2.56 bits per heavy atom. The largest absolute Gasteiger partial charge is 0.399 e. The summed E-state index contributed by atoms with van der Waals surface area (Å²) in [7, 11) is -3.47. The van der Waals surface area contributed by atoms with Gasteiger partial charge in [0.1, 0.15) is 0 Å². The molecule has 7 heteroatoms. The summed E-state index contributed by atoms with van der Waals surface area (Å²) < 4.78 is 21.4. The van der Waals surface area contributed by atoms with Gasteiger partial charge < -0.3 is 11.1 Å². The molecule has 1 aromatic carbocycles. The Morgan fingerprint density at radius 2 is 2.00 bits per heavy atom. The Bertz CT molecular complexity index is 520. The molecular formula is C11H17N3O3S. The van der Waals surface area contributed by atoms with Crippen LogP contribution in [0.5, 0.6) is 0 Å². The maximum absolute atomic E-state index is 11.7. The molecule has 1 rings (SSSR count). The second-order valence-corrected chi connectivity index (χ2v) is 5.84. The lowest BCUT2D eigenvalue weighted by Crippen LogP contribution is -2.27. The standard InChI is InChI=1S/C11H17N3O3S/c1-8-5-9(7-10(12)6-8)11(15)14-3-2-4-18(13,16)17/h5-7H,2-4,12H2,1H3,(H,14,15)(H2,13,16,17). The smallest absolute Gasteiger partial charge is 0.251 e. The van der Waals surface area contributed by atoms with Crippen LogP contribution in [0.4, 0.5) is 5.69 Å². The molecule has 0 saturated heterocycles. The predicted octanol–water partition coefficient (Wildman–Crippen LogP) is -0.0144. The zero-order chi connectivity index (χ0) is 13.8. The lowest BCUT2D eigenvalue weighted by molar-refractivity contribution is 0.0953. The second-order valence-electron chi connectivity index (χ2n) is 4.11. The van der Waals surface area contributed by atoms with E-state index < -0.39 is 10.0 Å². The number of sulfonamides is 1. The molecule has 0 heterocycles. The number of primary sulfonamides is 1. The topological polar surface area (TPSA) is 115 Å². The third-order valence-corrected chi connectivity index (χ3v) is 3.11. The van der Waals surface area contributed by atoms with Gasteiger partial charge >= 0.3 is 0 Å². The van der Waals surface area contributed by atoms with E-state index in [4.69, 9.17) is 10.9 Å². The molecule has 0 bridgehead atoms. The van der Waals surface area contributed by atoms with Crippen LogP contribution in [-0.2, 0) is 10.0 Å². The van der Waals surface area contributed by atoms with Gasteiger partial charge in [-0.2, -0.15) is 0 Å². The molecule has 1 amide bonds. The molecule has 0 radical (unpaired) electrons. The first-order valence-corrected chi connectivity index (χ1v) is 7.15. The molecule has 0 unspecified atom stereocenters. The van der Waals surface area contributed by atoms with Crippen molar-refractivity contribution in [3.63, 3.8) is 0 Å². The molecule has 0 aliphatic carbocycles. The van der Waals surface area contributed by atoms with Crippen molar-refractivity contribution in [3.8, 4) is 0 Å². The lowest BCUT2D eigenvalue weighted by Gasteiger charge is -2.06. The van der Waals surface area contributed by atoms with Gasteiger partial charge in [-0.05, 0) is 37.1 Å². The summed E-state index contributed by atoms with van der Waals surface area (Å²) in [6.45, 7) is 2.09. The van der Waals surface area contributed by atoms with Crippen LogP contribution in [-0.4, -0.2) is 26.6 Å². The number of benzene rings is 1. The van der Waals surface area contributed by atoms with Gasteiger partial charge in [-0.25, -0.2) is 13.6 Å². The lowest BCUT2D eigenvalue weighted by atomic mass is 10.1. The minimum atomic E-state index is -3.47. The van der Waals surface area contributed by atoms with Crippen LogP contribution in [0.15, 0.2) is 18.2 Å². The van der Waals surface area contributed by atoms with Crippen LogP contribution in [0, 0.1) is 6.92 Å². The fourth-order valence-corrected chi connectivity index (χ4v) is 2.07. The Morgan fingerprint density at radius 1 is 1.33 bits per heavy atom. The van der Waals surface area contributed by atoms with Crippen molar-refractivity contribution in [2.75, 3.05) is 18.0 Å². The van der Waals surface area contributed by atoms with Gasteiger partial charge in [-0.15, -0.1) is 0 Å². The number of hydrogen-bond acceptors (Lipinski definition) is 4. The van der Waals surface area contributed by atoms with Gasteiger partial charge in [-0.3, -0.25) is 4.79 Å². The second kappa shape index (κ2) is 5.83. The molecule has 18 heavy (non-hydrogen) atoms. The Hall–Kier alpha value is -1.60. The monoisotopic (exact) mass is 271 g/mol. The molecule has 5 N–H and O–H groups in total. The highest BCUT2D eigenvalue weighted by Gasteiger charge is 2.07. The van der Waals surface area contributed by atoms with Gasteiger partial charge in [-0.1, -0.05) is 0 Å². The summed E-state index contributed by atoms with van der Waals surface area (Å²) in [6.07, 6.45) is 0.284. The molecule has 0 aromatic heterocycles. The summed E-state index contributed by atoms with van der Waals surface area (Å²) in [4.78, 5) is 11.7. The third-order valence-electron chi connectivity index (χ3n) is 2.25. The maximum atomic E-state index is 11.7. The first-order chi connectivity index (χ1) is 8.28. The van der Waals surface area contributed by atoms with Crippen LogP contribution in [0.25, 0.3) is 0 Å². The normalized spacial score (nSPS) is 11.2. The molecule has 0 saturated carbocycles. The Balaban J connectivity index is 2.51. The van der Waals surface area contributed by atoms with Crippen molar-refractivity contribution in [1.82, 2.24) is 5.32 Å². The molecule has 0 aliphatic rings. The zero-order valence-electron chi connectivity index (χ0n) is 10.1. The number of rotatable bonds is 5. The van der Waals surface area contributed by atoms with E-state index in [1.54, 1.807) is 18.2 Å². The van der Waals surface area contributed by atoms with Crippen molar-refractivity contribution >= 4 is 21.6 Å². The number of nitrogens with one attached hydrogen (secondary N) is 1. The van der Waals surface area contributed by atoms with Crippen molar-refractivity contribution in [3.05, 3.63) is 29.3 Å². The summed E-state index contributed by atoms with van der Waals surface area (Å²) in [5, 5.41) is 7.46. The summed E-state index contributed by atoms with van der Waals surface area (Å²) in [6, 6.07) is 5.05. The fourth-order valence-electron chi connectivity index (χ4n) is 1.52. The maximum Gasteiger partial charge on any atom is 0.251 e. The first-order valence-electron chi connectivity index (χ1n) is 5.44. The molecule has 0 atom stereocenters. The first kappa shape index (κ1) is 14.5. The molecular weight excluding hydrogens is 254 g/mol. The molecule has 6 nitrogen and oxygen atoms in total. The highest BCUT2D eigenvalue weighted by molar-refractivity contribution is 7.89. The van der Waals surface area contributed by atoms with E-state index in [2.05, 4.69) is 5.32 Å². The van der Waals surface area contributed by atoms with E-state index in [1.807, 2.05) is 6.92 Å². The van der Waals surface area contributed by atoms with Gasteiger partial charge in [0.15, 0.2) is 0 Å². The number of aryl methyl sites for hydroxylation is 1. The SMILES string of the molecule is Cc1cc(N)cc(C(=O)NCCCS(N)(=O)=O)c1. The predicted molar refractivity (Wildman–Crippen MR) is 70.5 cm³/mol. The minimum Gasteiger partial charge on any atom is -0.399 e. The van der Waals surface area contributed by atoms with E-state index >= 15 is 0 Å². The number of anilines is 1. The summed E-state index contributed by atoms with van der Waals surface area (Å²) >= 11 is 0. The van der Waals surface area contributed by atoms with Gasteiger partial charge in [0.25, 0.3) is 5.91 Å². The molecule has 0 fully saturated rings. The van der Waals surface area contributed by atoms with E-state index in [9.17, 15) is 13.2 Å². The van der Waals surface area contributed by atoms with Crippen LogP contribution >= 0.6 is 0 Å². The minimum absolute atomic E-state index is 0.150. The average molecular weight is 271 g/mol. The number of nitrogen functional groups attached to an aromatic ring is 1. The average Bonchev–Trinajstić information content (AvgIpc) is 2.21. The van der Waals surface area contributed by atoms with Crippen molar-refractivity contribution in [1.29, 1.82) is 0 Å². The molecule has 0 spiro atoms. The molecule has 0 aliphatic heterocycles. The van der Waals surface area contributed by atoms with Crippen molar-refractivity contribution < 1.29 is 13.2 Å². The van der Waals surface area contributed by atoms with Gasteiger partial charge in [0.2, 0.25) is 10.0 Å². The Kier molecular flexibility index (Phi) is 4.69. The van der Waals surface area contributed by atoms with Crippen molar-refractivity contribution in [2.45, 2.75) is 13.3 Å². The van der Waals surface area contributed by atoms with Crippen molar-refractivity contribution in [2.24, 2.45) is 5.14 Å². The van der Waals surface area contributed by atoms with E-state index in [0.717, 1.165) is 5.56 Å². The van der Waals surface area contributed by atoms with E-state index in [0.29, 0.717) is 11.3 Å². The zero-order valence-corrected chi connectivity index (χ0v) is 11.0. The van der Waals surface area contributed by atoms with Crippen LogP contribution in [0.1, 0.15) is 22.3 Å². The number of carbonyl (C=O) groups excluding carboxylic acids is 1. The van der Waals surface area contributed by atoms with Gasteiger partial charge in [0.05, 0.1) is 5.75 Å². The highest BCUT2D eigenvalue weighted by Crippen LogP contribution is 2.10. The summed E-state index contributed by atoms with van der Waals surface area (Å²) in [5.41, 5.74) is 7.51. The fraction of sp³-hybridized carbons (Fsp3) is 0.364. The van der Waals surface area contributed by atoms with Crippen LogP contribution < -0.4 is 16.2 Å². The van der Waals surface area contributed by atoms with Crippen LogP contribution in [0.3, 0.4) is 0 Å². The quantitative estimate of drug-likeness (QED) is 0.515. The van der Waals surface area contributed by atoms with Gasteiger partial charge in [0, 0.05) is 17.8 Å². The number of nitrogens with two attached hydrogens (primary N) is 2. The number of hydrogen-bond donors (Lipinski definition) is 3. The Labute approximate surface area is 106 Å².